The van der Waals surface area contributed by atoms with E-state index in [0.717, 1.165) is 24.1 Å². The van der Waals surface area contributed by atoms with Crippen molar-refractivity contribution in [1.82, 2.24) is 24.5 Å². The van der Waals surface area contributed by atoms with Crippen molar-refractivity contribution < 1.29 is 14.3 Å². The molecule has 0 bridgehead atoms. The largest absolute Gasteiger partial charge is 0.444 e. The van der Waals surface area contributed by atoms with Crippen LogP contribution in [0.4, 0.5) is 10.5 Å². The summed E-state index contributed by atoms with van der Waals surface area (Å²) in [5, 5.41) is 3.12. The molecule has 1 fully saturated rings. The van der Waals surface area contributed by atoms with E-state index in [9.17, 15) is 9.59 Å². The Labute approximate surface area is 187 Å². The summed E-state index contributed by atoms with van der Waals surface area (Å²) in [6.45, 7) is 9.93. The van der Waals surface area contributed by atoms with Gasteiger partial charge in [-0.15, -0.1) is 0 Å². The van der Waals surface area contributed by atoms with Gasteiger partial charge in [-0.1, -0.05) is 13.0 Å². The second kappa shape index (κ2) is 8.57. The monoisotopic (exact) mass is 444 g/mol. The first-order valence-corrected chi connectivity index (χ1v) is 11.2. The van der Waals surface area contributed by atoms with Gasteiger partial charge in [0.05, 0.1) is 24.9 Å². The zero-order chi connectivity index (χ0) is 23.0. The predicted octanol–water partition coefficient (Wildman–Crippen LogP) is 2.23. The molecule has 2 aromatic heterocycles. The third kappa shape index (κ3) is 4.36. The molecule has 2 aromatic rings. The number of amides is 1. The van der Waals surface area contributed by atoms with Gasteiger partial charge in [0, 0.05) is 20.1 Å². The number of nitrogens with zero attached hydrogens (tertiary/aromatic N) is 5. The molecule has 1 N–H and O–H groups in total. The fraction of sp³-hybridized carbons (Fsp3) is 0.636. The van der Waals surface area contributed by atoms with Crippen molar-refractivity contribution in [2.24, 2.45) is 0 Å². The molecule has 2 aliphatic heterocycles. The summed E-state index contributed by atoms with van der Waals surface area (Å²) in [6.07, 6.45) is 3.73. The van der Waals surface area contributed by atoms with Gasteiger partial charge < -0.3 is 19.3 Å². The maximum absolute atomic E-state index is 13.5. The van der Waals surface area contributed by atoms with Gasteiger partial charge in [0.25, 0.3) is 11.3 Å². The van der Waals surface area contributed by atoms with Crippen LogP contribution in [-0.4, -0.2) is 75.6 Å². The van der Waals surface area contributed by atoms with Gasteiger partial charge in [-0.25, -0.2) is 9.78 Å². The molecule has 1 saturated heterocycles. The highest BCUT2D eigenvalue weighted by Crippen LogP contribution is 2.25. The van der Waals surface area contributed by atoms with E-state index in [1.54, 1.807) is 11.9 Å². The van der Waals surface area contributed by atoms with Crippen LogP contribution >= 0.6 is 0 Å². The number of hydrogen-bond donors (Lipinski definition) is 1. The van der Waals surface area contributed by atoms with Crippen molar-refractivity contribution in [3.05, 3.63) is 27.9 Å². The molecule has 0 aliphatic carbocycles. The fourth-order valence-corrected chi connectivity index (χ4v) is 4.14. The SMILES string of the molecule is CCc1nc2nc(C3=CCOCC3)[nH]n2c(=O)c1N1CCC(N(C)C(=O)OC(C)(C)C)C1. The molecule has 4 rings (SSSR count). The lowest BCUT2D eigenvalue weighted by molar-refractivity contribution is 0.0238. The van der Waals surface area contributed by atoms with Crippen molar-refractivity contribution >= 4 is 23.1 Å². The third-order valence-corrected chi connectivity index (χ3v) is 5.85. The second-order valence-electron chi connectivity index (χ2n) is 9.31. The van der Waals surface area contributed by atoms with Crippen LogP contribution in [0.3, 0.4) is 0 Å². The van der Waals surface area contributed by atoms with Crippen LogP contribution in [0, 0.1) is 0 Å². The highest BCUT2D eigenvalue weighted by molar-refractivity contribution is 5.68. The van der Waals surface area contributed by atoms with Crippen molar-refractivity contribution in [2.75, 3.05) is 38.3 Å². The minimum atomic E-state index is -0.551. The van der Waals surface area contributed by atoms with Crippen LogP contribution in [0.5, 0.6) is 0 Å². The van der Waals surface area contributed by atoms with E-state index in [2.05, 4.69) is 15.1 Å². The van der Waals surface area contributed by atoms with E-state index in [1.807, 2.05) is 38.7 Å². The minimum Gasteiger partial charge on any atom is -0.444 e. The number of fused-ring (bicyclic) bond motifs is 1. The maximum atomic E-state index is 13.5. The number of carbonyl (C=O) groups is 1. The molecule has 0 spiro atoms. The third-order valence-electron chi connectivity index (χ3n) is 5.85. The molecule has 0 saturated carbocycles. The summed E-state index contributed by atoms with van der Waals surface area (Å²) < 4.78 is 12.3. The average molecular weight is 445 g/mol. The number of aryl methyl sites for hydroxylation is 1. The summed E-state index contributed by atoms with van der Waals surface area (Å²) in [5.41, 5.74) is 1.60. The molecular formula is C22H32N6O4. The van der Waals surface area contributed by atoms with E-state index in [1.165, 1.54) is 4.52 Å². The number of hydrogen-bond acceptors (Lipinski definition) is 7. The van der Waals surface area contributed by atoms with Gasteiger partial charge >= 0.3 is 6.09 Å². The lowest BCUT2D eigenvalue weighted by Crippen LogP contribution is -2.42. The Balaban J connectivity index is 1.61. The number of nitrogens with one attached hydrogen (secondary N) is 1. The van der Waals surface area contributed by atoms with Crippen LogP contribution in [0.2, 0.25) is 0 Å². The molecule has 0 radical (unpaired) electrons. The number of aromatic nitrogens is 4. The van der Waals surface area contributed by atoms with E-state index in [4.69, 9.17) is 9.47 Å². The van der Waals surface area contributed by atoms with Crippen LogP contribution in [0.25, 0.3) is 11.4 Å². The van der Waals surface area contributed by atoms with Gasteiger partial charge in [-0.3, -0.25) is 9.89 Å². The summed E-state index contributed by atoms with van der Waals surface area (Å²) >= 11 is 0. The smallest absolute Gasteiger partial charge is 0.410 e. The second-order valence-corrected chi connectivity index (χ2v) is 9.31. The number of likely N-dealkylation sites (N-methyl/N-ethyl adjacent to an activating group) is 1. The van der Waals surface area contributed by atoms with Crippen molar-refractivity contribution in [1.29, 1.82) is 0 Å². The Morgan fingerprint density at radius 2 is 2.16 bits per heavy atom. The first kappa shape index (κ1) is 22.3. The molecule has 10 nitrogen and oxygen atoms in total. The molecule has 1 amide bonds. The Morgan fingerprint density at radius 1 is 1.38 bits per heavy atom. The Morgan fingerprint density at radius 3 is 2.81 bits per heavy atom. The van der Waals surface area contributed by atoms with Gasteiger partial charge in [-0.05, 0) is 45.6 Å². The Hall–Kier alpha value is -2.88. The highest BCUT2D eigenvalue weighted by atomic mass is 16.6. The normalized spacial score (nSPS) is 19.3. The number of rotatable bonds is 4. The lowest BCUT2D eigenvalue weighted by Gasteiger charge is -2.29. The Bertz CT molecular complexity index is 1100. The molecule has 1 atom stereocenters. The molecule has 32 heavy (non-hydrogen) atoms. The molecule has 10 heteroatoms. The first-order chi connectivity index (χ1) is 15.2. The number of aromatic amines is 1. The number of carbonyl (C=O) groups excluding carboxylic acids is 1. The molecule has 174 valence electrons. The van der Waals surface area contributed by atoms with E-state index in [0.29, 0.717) is 50.0 Å². The lowest BCUT2D eigenvalue weighted by atomic mass is 10.1. The zero-order valence-electron chi connectivity index (χ0n) is 19.5. The van der Waals surface area contributed by atoms with Crippen molar-refractivity contribution in [3.63, 3.8) is 0 Å². The number of H-pyrrole nitrogens is 1. The molecule has 4 heterocycles. The topological polar surface area (TPSA) is 105 Å². The fourth-order valence-electron chi connectivity index (χ4n) is 4.14. The Kier molecular flexibility index (Phi) is 5.98. The number of ether oxygens (including phenoxy) is 2. The van der Waals surface area contributed by atoms with Crippen LogP contribution in [0.15, 0.2) is 10.9 Å². The van der Waals surface area contributed by atoms with Gasteiger partial charge in [0.1, 0.15) is 11.3 Å². The van der Waals surface area contributed by atoms with Gasteiger partial charge in [0.15, 0.2) is 5.82 Å². The quantitative estimate of drug-likeness (QED) is 0.771. The predicted molar refractivity (Wildman–Crippen MR) is 121 cm³/mol. The standard InChI is InChI=1S/C22H32N6O4/c1-6-16-17(27-10-7-15(13-27)26(5)21(30)32-22(2,3)4)19(29)28-20(23-16)24-18(25-28)14-8-11-31-12-9-14/h8,15H,6-7,9-13H2,1-5H3,(H,23,24,25). The van der Waals surface area contributed by atoms with Crippen LogP contribution in [-0.2, 0) is 15.9 Å². The number of anilines is 1. The molecular weight excluding hydrogens is 412 g/mol. The molecule has 1 unspecified atom stereocenters. The first-order valence-electron chi connectivity index (χ1n) is 11.2. The van der Waals surface area contributed by atoms with Crippen molar-refractivity contribution in [2.45, 2.75) is 58.6 Å². The van der Waals surface area contributed by atoms with Gasteiger partial charge in [0.2, 0.25) is 0 Å². The van der Waals surface area contributed by atoms with E-state index < -0.39 is 5.60 Å². The van der Waals surface area contributed by atoms with E-state index >= 15 is 0 Å². The zero-order valence-corrected chi connectivity index (χ0v) is 19.5. The van der Waals surface area contributed by atoms with Crippen molar-refractivity contribution in [3.8, 4) is 0 Å². The van der Waals surface area contributed by atoms with E-state index in [-0.39, 0.29) is 17.7 Å². The molecule has 2 aliphatic rings. The summed E-state index contributed by atoms with van der Waals surface area (Å²) in [7, 11) is 1.75. The van der Waals surface area contributed by atoms with Gasteiger partial charge in [-0.2, -0.15) is 9.50 Å². The minimum absolute atomic E-state index is 0.0422. The van der Waals surface area contributed by atoms with Crippen LogP contribution in [0.1, 0.15) is 52.1 Å². The summed E-state index contributed by atoms with van der Waals surface area (Å²) in [5.74, 6) is 1.03. The maximum Gasteiger partial charge on any atom is 0.410 e. The highest BCUT2D eigenvalue weighted by Gasteiger charge is 2.33. The molecule has 0 aromatic carbocycles. The summed E-state index contributed by atoms with van der Waals surface area (Å²) in [4.78, 5) is 38.8. The summed E-state index contributed by atoms with van der Waals surface area (Å²) in [6, 6.07) is -0.0422. The average Bonchev–Trinajstić information content (AvgIpc) is 3.40. The van der Waals surface area contributed by atoms with Crippen LogP contribution < -0.4 is 10.5 Å².